The van der Waals surface area contributed by atoms with Crippen LogP contribution in [0.25, 0.3) is 5.32 Å². The molecular weight excluding hydrogens is 175 g/mol. The smallest absolute Gasteiger partial charge is 0.658 e. The molecule has 1 saturated heterocycles. The molecule has 0 aromatic carbocycles. The molecule has 0 aromatic rings. The van der Waals surface area contributed by atoms with Crippen molar-refractivity contribution < 1.29 is 51.4 Å². The second-order valence-electron chi connectivity index (χ2n) is 4.25. The fraction of sp³-hybridized carbons (Fsp3) is 1.00. The van der Waals surface area contributed by atoms with E-state index in [1.807, 2.05) is 0 Å². The van der Waals surface area contributed by atoms with Crippen molar-refractivity contribution in [3.8, 4) is 0 Å². The van der Waals surface area contributed by atoms with Crippen LogP contribution in [0.5, 0.6) is 0 Å². The summed E-state index contributed by atoms with van der Waals surface area (Å²) in [5, 5.41) is 8.15. The predicted octanol–water partition coefficient (Wildman–Crippen LogP) is -1.33. The van der Waals surface area contributed by atoms with Gasteiger partial charge in [0.15, 0.2) is 0 Å². The zero-order valence-electron chi connectivity index (χ0n) is 8.43. The summed E-state index contributed by atoms with van der Waals surface area (Å²) in [5.41, 5.74) is 0.485. The van der Waals surface area contributed by atoms with Crippen LogP contribution in [-0.4, -0.2) is 24.2 Å². The maximum atomic E-state index is 4.47. The van der Waals surface area contributed by atoms with Crippen LogP contribution in [0, 0.1) is 0 Å². The topological polar surface area (TPSA) is 26.1 Å². The van der Waals surface area contributed by atoms with Gasteiger partial charge in [0, 0.05) is 5.54 Å². The molecule has 0 amide bonds. The van der Waals surface area contributed by atoms with E-state index >= 15 is 0 Å². The Morgan fingerprint density at radius 1 is 1.42 bits per heavy atom. The average molecular weight is 192 g/mol. The third-order valence-corrected chi connectivity index (χ3v) is 2.97. The van der Waals surface area contributed by atoms with Gasteiger partial charge in [0.1, 0.15) is 0 Å². The standard InChI is InChI=1S/C9H17N2.K/c1-7-8(3-6-10-7)11-9(2)4-5-9;/h7-8,11H,3-6H2,1-2H3;/q-1;+1. The van der Waals surface area contributed by atoms with Crippen LogP contribution >= 0.6 is 0 Å². The summed E-state index contributed by atoms with van der Waals surface area (Å²) in [6.07, 6.45) is 3.96. The molecule has 1 aliphatic heterocycles. The first-order valence-electron chi connectivity index (χ1n) is 4.64. The first kappa shape index (κ1) is 11.6. The fourth-order valence-corrected chi connectivity index (χ4v) is 1.76. The summed E-state index contributed by atoms with van der Waals surface area (Å²) >= 11 is 0. The summed E-state index contributed by atoms with van der Waals surface area (Å²) in [4.78, 5) is 0. The molecule has 2 nitrogen and oxygen atoms in total. The number of nitrogens with zero attached hydrogens (tertiary/aromatic N) is 1. The van der Waals surface area contributed by atoms with Crippen molar-refractivity contribution in [2.45, 2.75) is 50.7 Å². The number of rotatable bonds is 2. The van der Waals surface area contributed by atoms with Gasteiger partial charge >= 0.3 is 51.4 Å². The van der Waals surface area contributed by atoms with E-state index in [0.29, 0.717) is 17.6 Å². The fourth-order valence-electron chi connectivity index (χ4n) is 1.76. The first-order chi connectivity index (χ1) is 5.20. The summed E-state index contributed by atoms with van der Waals surface area (Å²) in [6, 6.07) is 1.22. The van der Waals surface area contributed by atoms with Crippen molar-refractivity contribution in [2.75, 3.05) is 6.54 Å². The molecule has 0 spiro atoms. The van der Waals surface area contributed by atoms with Crippen LogP contribution in [0.3, 0.4) is 0 Å². The molecule has 64 valence electrons. The Morgan fingerprint density at radius 2 is 2.08 bits per heavy atom. The number of nitrogens with one attached hydrogen (secondary N) is 1. The third-order valence-electron chi connectivity index (χ3n) is 2.97. The van der Waals surface area contributed by atoms with Gasteiger partial charge in [-0.2, -0.15) is 0 Å². The van der Waals surface area contributed by atoms with Gasteiger partial charge in [0.25, 0.3) is 0 Å². The van der Waals surface area contributed by atoms with Crippen LogP contribution in [0.1, 0.15) is 33.1 Å². The summed E-state index contributed by atoms with van der Waals surface area (Å²) in [5.74, 6) is 0. The molecular formula is C9H17KN2. The van der Waals surface area contributed by atoms with Crippen LogP contribution in [0.15, 0.2) is 0 Å². The Bertz CT molecular complexity index is 157. The van der Waals surface area contributed by atoms with Gasteiger partial charge < -0.3 is 10.6 Å². The second kappa shape index (κ2) is 4.38. The van der Waals surface area contributed by atoms with Gasteiger partial charge in [-0.1, -0.05) is 13.3 Å². The van der Waals surface area contributed by atoms with Crippen molar-refractivity contribution in [3.63, 3.8) is 0 Å². The Kier molecular flexibility index (Phi) is 4.25. The number of hydrogen-bond acceptors (Lipinski definition) is 1. The van der Waals surface area contributed by atoms with Gasteiger partial charge in [-0.3, -0.25) is 0 Å². The minimum atomic E-state index is 0. The van der Waals surface area contributed by atoms with Crippen LogP contribution < -0.4 is 56.7 Å². The SMILES string of the molecule is CC1[N-]CCC1NC1(C)CC1.[K+]. The predicted molar refractivity (Wildman–Crippen MR) is 46.9 cm³/mol. The van der Waals surface area contributed by atoms with Crippen molar-refractivity contribution in [1.82, 2.24) is 5.32 Å². The van der Waals surface area contributed by atoms with Crippen molar-refractivity contribution in [1.29, 1.82) is 0 Å². The Hall–Kier alpha value is 1.56. The first-order valence-corrected chi connectivity index (χ1v) is 4.64. The average Bonchev–Trinajstić information content (AvgIpc) is 2.54. The van der Waals surface area contributed by atoms with E-state index in [1.54, 1.807) is 0 Å². The Balaban J connectivity index is 0.000000720. The van der Waals surface area contributed by atoms with Crippen molar-refractivity contribution in [3.05, 3.63) is 5.32 Å². The van der Waals surface area contributed by atoms with Crippen LogP contribution in [-0.2, 0) is 0 Å². The molecule has 3 heteroatoms. The van der Waals surface area contributed by atoms with E-state index in [0.717, 1.165) is 6.54 Å². The molecule has 2 atom stereocenters. The quantitative estimate of drug-likeness (QED) is 0.539. The van der Waals surface area contributed by atoms with E-state index in [1.165, 1.54) is 19.3 Å². The number of hydrogen-bond donors (Lipinski definition) is 1. The van der Waals surface area contributed by atoms with Gasteiger partial charge in [-0.25, -0.2) is 0 Å². The molecule has 2 aliphatic rings. The molecule has 0 radical (unpaired) electrons. The van der Waals surface area contributed by atoms with E-state index in [-0.39, 0.29) is 51.4 Å². The Labute approximate surface area is 118 Å². The monoisotopic (exact) mass is 192 g/mol. The summed E-state index contributed by atoms with van der Waals surface area (Å²) in [6.45, 7) is 5.60. The molecule has 2 unspecified atom stereocenters. The minimum Gasteiger partial charge on any atom is -0.658 e. The second-order valence-corrected chi connectivity index (χ2v) is 4.25. The summed E-state index contributed by atoms with van der Waals surface area (Å²) < 4.78 is 0. The van der Waals surface area contributed by atoms with Crippen molar-refractivity contribution >= 4 is 0 Å². The molecule has 0 aromatic heterocycles. The minimum absolute atomic E-state index is 0. The molecule has 2 rings (SSSR count). The zero-order valence-corrected chi connectivity index (χ0v) is 11.6. The van der Waals surface area contributed by atoms with Gasteiger partial charge in [0.05, 0.1) is 0 Å². The maximum Gasteiger partial charge on any atom is 1.00 e. The Morgan fingerprint density at radius 3 is 2.50 bits per heavy atom. The zero-order chi connectivity index (χ0) is 7.90. The molecule has 1 heterocycles. The molecule has 1 N–H and O–H groups in total. The maximum absolute atomic E-state index is 4.47. The van der Waals surface area contributed by atoms with Crippen LogP contribution in [0.2, 0.25) is 0 Å². The van der Waals surface area contributed by atoms with E-state index < -0.39 is 0 Å². The third kappa shape index (κ3) is 2.77. The largest absolute Gasteiger partial charge is 1.00 e. The van der Waals surface area contributed by atoms with Crippen molar-refractivity contribution in [2.24, 2.45) is 0 Å². The van der Waals surface area contributed by atoms with E-state index in [9.17, 15) is 0 Å². The van der Waals surface area contributed by atoms with Gasteiger partial charge in [0.2, 0.25) is 0 Å². The van der Waals surface area contributed by atoms with Gasteiger partial charge in [-0.15, -0.1) is 12.6 Å². The molecule has 2 fully saturated rings. The molecule has 1 aliphatic carbocycles. The van der Waals surface area contributed by atoms with Crippen LogP contribution in [0.4, 0.5) is 0 Å². The molecule has 1 saturated carbocycles. The molecule has 0 bridgehead atoms. The normalized spacial score (nSPS) is 37.5. The molecule has 12 heavy (non-hydrogen) atoms. The van der Waals surface area contributed by atoms with E-state index in [2.05, 4.69) is 24.5 Å². The summed E-state index contributed by atoms with van der Waals surface area (Å²) in [7, 11) is 0. The van der Waals surface area contributed by atoms with Gasteiger partial charge in [-0.05, 0) is 25.8 Å². The van der Waals surface area contributed by atoms with E-state index in [4.69, 9.17) is 0 Å².